The summed E-state index contributed by atoms with van der Waals surface area (Å²) in [6.45, 7) is 7.38. The Morgan fingerprint density at radius 1 is 1.12 bits per heavy atom. The number of nitrogens with zero attached hydrogens (tertiary/aromatic N) is 4. The molecule has 2 heterocycles. The zero-order valence-electron chi connectivity index (χ0n) is 18.5. The Labute approximate surface area is 197 Å². The minimum absolute atomic E-state index is 0.0623. The van der Waals surface area contributed by atoms with Gasteiger partial charge in [-0.3, -0.25) is 14.2 Å². The number of piperazine rings is 1. The Hall–Kier alpha value is -2.35. The van der Waals surface area contributed by atoms with Gasteiger partial charge in [-0.05, 0) is 42.8 Å². The van der Waals surface area contributed by atoms with Gasteiger partial charge in [0.15, 0.2) is 5.16 Å². The van der Waals surface area contributed by atoms with E-state index in [2.05, 4.69) is 25.8 Å². The molecule has 1 saturated heterocycles. The van der Waals surface area contributed by atoms with Gasteiger partial charge in [0.05, 0.1) is 22.3 Å². The van der Waals surface area contributed by atoms with Crippen molar-refractivity contribution in [3.8, 4) is 5.69 Å². The van der Waals surface area contributed by atoms with Gasteiger partial charge in [-0.15, -0.1) is 0 Å². The molecule has 4 rings (SSSR count). The number of carbonyl (C=O) groups excluding carboxylic acids is 1. The third-order valence-electron chi connectivity index (χ3n) is 5.78. The molecule has 1 amide bonds. The fourth-order valence-electron chi connectivity index (χ4n) is 3.90. The van der Waals surface area contributed by atoms with Crippen LogP contribution in [0.25, 0.3) is 16.6 Å². The summed E-state index contributed by atoms with van der Waals surface area (Å²) in [5, 5.41) is 1.53. The average Bonchev–Trinajstić information content (AvgIpc) is 2.77. The van der Waals surface area contributed by atoms with Crippen molar-refractivity contribution in [3.63, 3.8) is 0 Å². The van der Waals surface area contributed by atoms with Crippen molar-refractivity contribution >= 4 is 40.2 Å². The highest BCUT2D eigenvalue weighted by Crippen LogP contribution is 2.28. The summed E-state index contributed by atoms with van der Waals surface area (Å²) in [5.41, 5.74) is 2.23. The van der Waals surface area contributed by atoms with E-state index in [9.17, 15) is 9.59 Å². The number of amides is 1. The highest BCUT2D eigenvalue weighted by Gasteiger charge is 2.22. The van der Waals surface area contributed by atoms with Crippen molar-refractivity contribution in [1.82, 2.24) is 19.4 Å². The van der Waals surface area contributed by atoms with Gasteiger partial charge < -0.3 is 9.80 Å². The maximum absolute atomic E-state index is 13.6. The summed E-state index contributed by atoms with van der Waals surface area (Å²) in [6, 6.07) is 13.0. The van der Waals surface area contributed by atoms with Crippen LogP contribution in [0.15, 0.2) is 52.4 Å². The Morgan fingerprint density at radius 2 is 1.84 bits per heavy atom. The first-order valence-electron chi connectivity index (χ1n) is 10.8. The predicted octanol–water partition coefficient (Wildman–Crippen LogP) is 4.03. The molecule has 1 fully saturated rings. The fraction of sp³-hybridized carbons (Fsp3) is 0.375. The molecule has 0 atom stereocenters. The van der Waals surface area contributed by atoms with Crippen molar-refractivity contribution in [2.75, 3.05) is 39.0 Å². The number of carbonyl (C=O) groups is 1. The first kappa shape index (κ1) is 22.8. The van der Waals surface area contributed by atoms with Gasteiger partial charge in [0, 0.05) is 31.2 Å². The van der Waals surface area contributed by atoms with E-state index in [0.717, 1.165) is 37.4 Å². The Balaban J connectivity index is 1.76. The summed E-state index contributed by atoms with van der Waals surface area (Å²) >= 11 is 7.47. The van der Waals surface area contributed by atoms with Crippen LogP contribution in [0.4, 0.5) is 0 Å². The normalized spacial score (nSPS) is 15.0. The number of fused-ring (bicyclic) bond motifs is 1. The topological polar surface area (TPSA) is 58.4 Å². The van der Waals surface area contributed by atoms with E-state index in [1.54, 1.807) is 22.8 Å². The van der Waals surface area contributed by atoms with Crippen LogP contribution < -0.4 is 5.56 Å². The van der Waals surface area contributed by atoms with Crippen LogP contribution in [0.1, 0.15) is 25.3 Å². The molecule has 168 valence electrons. The van der Waals surface area contributed by atoms with Gasteiger partial charge in [0.2, 0.25) is 5.91 Å². The van der Waals surface area contributed by atoms with E-state index in [1.807, 2.05) is 29.2 Å². The molecule has 0 aliphatic carbocycles. The zero-order chi connectivity index (χ0) is 22.8. The molecule has 0 N–H and O–H groups in total. The summed E-state index contributed by atoms with van der Waals surface area (Å²) in [7, 11) is 2.06. The zero-order valence-corrected chi connectivity index (χ0v) is 20.1. The summed E-state index contributed by atoms with van der Waals surface area (Å²) in [4.78, 5) is 35.3. The van der Waals surface area contributed by atoms with Gasteiger partial charge in [-0.1, -0.05) is 55.4 Å². The van der Waals surface area contributed by atoms with Crippen molar-refractivity contribution in [2.24, 2.45) is 0 Å². The number of halogens is 1. The Kier molecular flexibility index (Phi) is 6.88. The maximum Gasteiger partial charge on any atom is 0.266 e. The third kappa shape index (κ3) is 4.70. The number of likely N-dealkylation sites (N-methyl/N-ethyl adjacent to an activating group) is 1. The average molecular weight is 471 g/mol. The molecule has 2 aromatic carbocycles. The van der Waals surface area contributed by atoms with E-state index in [0.29, 0.717) is 21.1 Å². The minimum Gasteiger partial charge on any atom is -0.339 e. The van der Waals surface area contributed by atoms with Gasteiger partial charge in [-0.25, -0.2) is 4.98 Å². The van der Waals surface area contributed by atoms with Gasteiger partial charge in [-0.2, -0.15) is 0 Å². The first-order chi connectivity index (χ1) is 15.3. The minimum atomic E-state index is -0.158. The molecule has 3 aromatic rings. The molecular formula is C24H27ClN4O2S. The number of hydrogen-bond acceptors (Lipinski definition) is 5. The predicted molar refractivity (Wildman–Crippen MR) is 131 cm³/mol. The van der Waals surface area contributed by atoms with Crippen molar-refractivity contribution < 1.29 is 4.79 Å². The molecule has 8 heteroatoms. The molecule has 0 spiro atoms. The molecule has 0 saturated carbocycles. The smallest absolute Gasteiger partial charge is 0.266 e. The van der Waals surface area contributed by atoms with Crippen molar-refractivity contribution in [2.45, 2.75) is 24.9 Å². The van der Waals surface area contributed by atoms with Gasteiger partial charge >= 0.3 is 0 Å². The first-order valence-corrected chi connectivity index (χ1v) is 12.1. The number of hydrogen-bond donors (Lipinski definition) is 0. The molecule has 6 nitrogen and oxygen atoms in total. The van der Waals surface area contributed by atoms with Crippen LogP contribution in [-0.4, -0.2) is 64.2 Å². The van der Waals surface area contributed by atoms with Crippen LogP contribution in [0, 0.1) is 0 Å². The molecule has 1 aliphatic rings. The van der Waals surface area contributed by atoms with Crippen LogP contribution in [0.5, 0.6) is 0 Å². The molecular weight excluding hydrogens is 444 g/mol. The van der Waals surface area contributed by atoms with E-state index < -0.39 is 0 Å². The monoisotopic (exact) mass is 470 g/mol. The lowest BCUT2D eigenvalue weighted by Crippen LogP contribution is -2.47. The van der Waals surface area contributed by atoms with E-state index in [1.165, 1.54) is 11.8 Å². The second-order valence-electron chi connectivity index (χ2n) is 8.38. The molecule has 1 aromatic heterocycles. The maximum atomic E-state index is 13.6. The molecule has 0 bridgehead atoms. The molecule has 0 unspecified atom stereocenters. The molecule has 32 heavy (non-hydrogen) atoms. The second kappa shape index (κ2) is 9.65. The largest absolute Gasteiger partial charge is 0.339 e. The van der Waals surface area contributed by atoms with Crippen LogP contribution in [-0.2, 0) is 4.79 Å². The summed E-state index contributed by atoms with van der Waals surface area (Å²) < 4.78 is 1.65. The number of aromatic nitrogens is 2. The molecule has 1 aliphatic heterocycles. The Morgan fingerprint density at radius 3 is 2.56 bits per heavy atom. The Bertz CT molecular complexity index is 1200. The summed E-state index contributed by atoms with van der Waals surface area (Å²) in [6.07, 6.45) is 0. The van der Waals surface area contributed by atoms with Crippen LogP contribution in [0.2, 0.25) is 5.02 Å². The second-order valence-corrected chi connectivity index (χ2v) is 9.76. The van der Waals surface area contributed by atoms with E-state index in [4.69, 9.17) is 16.6 Å². The highest BCUT2D eigenvalue weighted by atomic mass is 35.5. The van der Waals surface area contributed by atoms with E-state index in [-0.39, 0.29) is 23.1 Å². The number of para-hydroxylation sites is 1. The van der Waals surface area contributed by atoms with Crippen molar-refractivity contribution in [3.05, 3.63) is 63.4 Å². The lowest BCUT2D eigenvalue weighted by atomic mass is 10.0. The highest BCUT2D eigenvalue weighted by molar-refractivity contribution is 7.99. The summed E-state index contributed by atoms with van der Waals surface area (Å²) in [5.74, 6) is 0.516. The number of benzene rings is 2. The van der Waals surface area contributed by atoms with E-state index >= 15 is 0 Å². The number of thioether (sulfide) groups is 1. The SMILES string of the molecule is CC(C)c1ccccc1-n1c(SCC(=O)N2CCN(C)CC2)nc2cc(Cl)ccc2c1=O. The lowest BCUT2D eigenvalue weighted by molar-refractivity contribution is -0.129. The standard InChI is InChI=1S/C24H27ClN4O2S/c1-16(2)18-6-4-5-7-21(18)29-23(31)19-9-8-17(25)14-20(19)26-24(29)32-15-22(30)28-12-10-27(3)11-13-28/h4-9,14,16H,10-13,15H2,1-3H3. The third-order valence-corrected chi connectivity index (χ3v) is 6.94. The lowest BCUT2D eigenvalue weighted by Gasteiger charge is -2.32. The van der Waals surface area contributed by atoms with Crippen LogP contribution in [0.3, 0.4) is 0 Å². The number of rotatable bonds is 5. The fourth-order valence-corrected chi connectivity index (χ4v) is 4.98. The van der Waals surface area contributed by atoms with Gasteiger partial charge in [0.1, 0.15) is 0 Å². The van der Waals surface area contributed by atoms with Crippen LogP contribution >= 0.6 is 23.4 Å². The van der Waals surface area contributed by atoms with Gasteiger partial charge in [0.25, 0.3) is 5.56 Å². The quantitative estimate of drug-likeness (QED) is 0.416. The molecule has 0 radical (unpaired) electrons. The van der Waals surface area contributed by atoms with Crippen molar-refractivity contribution in [1.29, 1.82) is 0 Å².